The molecule has 1 rings (SSSR count). The first-order valence-electron chi connectivity index (χ1n) is 5.32. The molecule has 0 heterocycles. The zero-order chi connectivity index (χ0) is 12.8. The van der Waals surface area contributed by atoms with Gasteiger partial charge in [-0.2, -0.15) is 0 Å². The number of anilines is 1. The van der Waals surface area contributed by atoms with E-state index >= 15 is 0 Å². The summed E-state index contributed by atoms with van der Waals surface area (Å²) < 4.78 is 1.92. The Morgan fingerprint density at radius 1 is 1.35 bits per heavy atom. The Labute approximate surface area is 118 Å². The Morgan fingerprint density at radius 2 is 1.94 bits per heavy atom. The molecular weight excluding hydrogens is 348 g/mol. The summed E-state index contributed by atoms with van der Waals surface area (Å²) >= 11 is 7.02. The molecule has 0 saturated heterocycles. The second-order valence-electron chi connectivity index (χ2n) is 3.60. The van der Waals surface area contributed by atoms with E-state index in [-0.39, 0.29) is 0 Å². The molecule has 1 aromatic carbocycles. The van der Waals surface area contributed by atoms with Crippen LogP contribution in [0.1, 0.15) is 18.9 Å². The van der Waals surface area contributed by atoms with Crippen molar-refractivity contribution in [1.29, 1.82) is 0 Å². The van der Waals surface area contributed by atoms with E-state index in [4.69, 9.17) is 5.84 Å². The van der Waals surface area contributed by atoms with Crippen molar-refractivity contribution in [3.63, 3.8) is 0 Å². The Balaban J connectivity index is 2.94. The Hall–Kier alpha value is -0.590. The third-order valence-electron chi connectivity index (χ3n) is 2.06. The van der Waals surface area contributed by atoms with Crippen LogP contribution in [0.15, 0.2) is 26.1 Å². The van der Waals surface area contributed by atoms with Crippen molar-refractivity contribution < 1.29 is 0 Å². The van der Waals surface area contributed by atoms with E-state index in [9.17, 15) is 0 Å². The summed E-state index contributed by atoms with van der Waals surface area (Å²) in [5, 5.41) is 3.15. The number of nitrogens with one attached hydrogen (secondary N) is 2. The zero-order valence-electron chi connectivity index (χ0n) is 9.85. The maximum absolute atomic E-state index is 5.42. The molecule has 0 aromatic heterocycles. The lowest BCUT2D eigenvalue weighted by molar-refractivity contribution is 0.905. The van der Waals surface area contributed by atoms with Gasteiger partial charge in [-0.15, -0.1) is 0 Å². The van der Waals surface area contributed by atoms with Crippen molar-refractivity contribution in [2.24, 2.45) is 10.8 Å². The fourth-order valence-corrected chi connectivity index (χ4v) is 2.90. The van der Waals surface area contributed by atoms with Crippen molar-refractivity contribution in [2.75, 3.05) is 11.9 Å². The standard InChI is InChI=1S/C11H16Br2N4/c1-3-4-15-11(17-14)16-10-8(12)5-7(2)6-9(10)13/h5-6H,3-4,14H2,1-2H3,(H2,15,16,17). The first kappa shape index (κ1) is 14.5. The van der Waals surface area contributed by atoms with Gasteiger partial charge in [0.2, 0.25) is 5.96 Å². The number of nitrogens with two attached hydrogens (primary N) is 1. The highest BCUT2D eigenvalue weighted by Gasteiger charge is 2.07. The average Bonchev–Trinajstić information content (AvgIpc) is 2.27. The van der Waals surface area contributed by atoms with Gasteiger partial charge in [-0.3, -0.25) is 10.4 Å². The predicted molar refractivity (Wildman–Crippen MR) is 80.1 cm³/mol. The number of guanidine groups is 1. The quantitative estimate of drug-likeness (QED) is 0.334. The molecule has 0 aliphatic carbocycles. The van der Waals surface area contributed by atoms with Gasteiger partial charge in [-0.1, -0.05) is 6.92 Å². The van der Waals surface area contributed by atoms with Gasteiger partial charge >= 0.3 is 0 Å². The van der Waals surface area contributed by atoms with Crippen molar-refractivity contribution in [1.82, 2.24) is 5.43 Å². The lowest BCUT2D eigenvalue weighted by Crippen LogP contribution is -2.36. The first-order chi connectivity index (χ1) is 8.08. The Morgan fingerprint density at radius 3 is 2.41 bits per heavy atom. The van der Waals surface area contributed by atoms with Crippen LogP contribution in [0.2, 0.25) is 0 Å². The highest BCUT2D eigenvalue weighted by atomic mass is 79.9. The van der Waals surface area contributed by atoms with Crippen molar-refractivity contribution in [2.45, 2.75) is 20.3 Å². The molecule has 0 atom stereocenters. The molecule has 6 heteroatoms. The molecule has 0 radical (unpaired) electrons. The van der Waals surface area contributed by atoms with Gasteiger partial charge in [0.05, 0.1) is 5.69 Å². The number of halogens is 2. The molecule has 4 nitrogen and oxygen atoms in total. The third kappa shape index (κ3) is 4.29. The number of hydrogen-bond donors (Lipinski definition) is 3. The van der Waals surface area contributed by atoms with Crippen LogP contribution in [0, 0.1) is 6.92 Å². The smallest absolute Gasteiger partial charge is 0.210 e. The fraction of sp³-hybridized carbons (Fsp3) is 0.364. The van der Waals surface area contributed by atoms with E-state index in [1.165, 1.54) is 5.56 Å². The molecule has 94 valence electrons. The van der Waals surface area contributed by atoms with Gasteiger partial charge in [0.15, 0.2) is 0 Å². The van der Waals surface area contributed by atoms with Crippen LogP contribution < -0.4 is 16.6 Å². The van der Waals surface area contributed by atoms with E-state index in [0.29, 0.717) is 5.96 Å². The number of hydrazine groups is 1. The van der Waals surface area contributed by atoms with Crippen LogP contribution in [-0.2, 0) is 0 Å². The molecule has 0 aliphatic rings. The average molecular weight is 364 g/mol. The zero-order valence-corrected chi connectivity index (χ0v) is 13.0. The summed E-state index contributed by atoms with van der Waals surface area (Å²) in [7, 11) is 0. The minimum atomic E-state index is 0.553. The van der Waals surface area contributed by atoms with Crippen LogP contribution in [0.25, 0.3) is 0 Å². The van der Waals surface area contributed by atoms with Gasteiger partial charge in [-0.25, -0.2) is 5.84 Å². The lowest BCUT2D eigenvalue weighted by Gasteiger charge is -2.13. The largest absolute Gasteiger partial charge is 0.323 e. The Bertz CT molecular complexity index is 395. The van der Waals surface area contributed by atoms with E-state index in [1.807, 2.05) is 19.1 Å². The maximum Gasteiger partial charge on any atom is 0.210 e. The topological polar surface area (TPSA) is 62.4 Å². The monoisotopic (exact) mass is 362 g/mol. The number of aliphatic imine (C=N–C) groups is 1. The van der Waals surface area contributed by atoms with Crippen LogP contribution in [-0.4, -0.2) is 12.5 Å². The molecule has 0 saturated carbocycles. The van der Waals surface area contributed by atoms with E-state index in [0.717, 1.165) is 27.6 Å². The fourth-order valence-electron chi connectivity index (χ4n) is 1.28. The summed E-state index contributed by atoms with van der Waals surface area (Å²) in [5.74, 6) is 5.97. The first-order valence-corrected chi connectivity index (χ1v) is 6.90. The van der Waals surface area contributed by atoms with Gasteiger partial charge in [0.25, 0.3) is 0 Å². The van der Waals surface area contributed by atoms with Gasteiger partial charge < -0.3 is 5.32 Å². The number of nitrogens with zero attached hydrogens (tertiary/aromatic N) is 1. The number of benzene rings is 1. The molecule has 0 fully saturated rings. The summed E-state index contributed by atoms with van der Waals surface area (Å²) in [4.78, 5) is 4.29. The number of hydrogen-bond acceptors (Lipinski definition) is 2. The summed E-state index contributed by atoms with van der Waals surface area (Å²) in [6, 6.07) is 4.06. The van der Waals surface area contributed by atoms with Crippen LogP contribution >= 0.6 is 31.9 Å². The second kappa shape index (κ2) is 6.98. The highest BCUT2D eigenvalue weighted by Crippen LogP contribution is 2.32. The highest BCUT2D eigenvalue weighted by molar-refractivity contribution is 9.11. The van der Waals surface area contributed by atoms with Gasteiger partial charge in [0.1, 0.15) is 0 Å². The van der Waals surface area contributed by atoms with Crippen molar-refractivity contribution in [3.05, 3.63) is 26.6 Å². The maximum atomic E-state index is 5.42. The van der Waals surface area contributed by atoms with Gasteiger partial charge in [0, 0.05) is 15.5 Å². The molecule has 0 amide bonds. The van der Waals surface area contributed by atoms with Crippen molar-refractivity contribution in [3.8, 4) is 0 Å². The SMILES string of the molecule is CCCN=C(NN)Nc1c(Br)cc(C)cc1Br. The molecule has 4 N–H and O–H groups in total. The van der Waals surface area contributed by atoms with Crippen LogP contribution in [0.5, 0.6) is 0 Å². The summed E-state index contributed by atoms with van der Waals surface area (Å²) in [5.41, 5.74) is 4.63. The van der Waals surface area contributed by atoms with E-state index in [2.05, 4.69) is 54.5 Å². The molecule has 1 aromatic rings. The van der Waals surface area contributed by atoms with Crippen LogP contribution in [0.4, 0.5) is 5.69 Å². The van der Waals surface area contributed by atoms with E-state index < -0.39 is 0 Å². The molecule has 0 bridgehead atoms. The molecule has 0 unspecified atom stereocenters. The normalized spacial score (nSPS) is 11.5. The van der Waals surface area contributed by atoms with Crippen molar-refractivity contribution >= 4 is 43.5 Å². The number of aryl methyl sites for hydroxylation is 1. The third-order valence-corrected chi connectivity index (χ3v) is 3.31. The molecule has 0 spiro atoms. The van der Waals surface area contributed by atoms with Crippen LogP contribution in [0.3, 0.4) is 0 Å². The summed E-state index contributed by atoms with van der Waals surface area (Å²) in [6.07, 6.45) is 0.975. The lowest BCUT2D eigenvalue weighted by atomic mass is 10.2. The van der Waals surface area contributed by atoms with E-state index in [1.54, 1.807) is 0 Å². The minimum absolute atomic E-state index is 0.553. The van der Waals surface area contributed by atoms with Gasteiger partial charge in [-0.05, 0) is 62.9 Å². The Kier molecular flexibility index (Phi) is 5.94. The summed E-state index contributed by atoms with van der Waals surface area (Å²) in [6.45, 7) is 4.83. The molecule has 0 aliphatic heterocycles. The number of rotatable bonds is 3. The predicted octanol–water partition coefficient (Wildman–Crippen LogP) is 3.16. The molecule has 17 heavy (non-hydrogen) atoms. The second-order valence-corrected chi connectivity index (χ2v) is 5.31. The molecular formula is C11H16Br2N4. The minimum Gasteiger partial charge on any atom is -0.323 e.